The van der Waals surface area contributed by atoms with Gasteiger partial charge in [-0.1, -0.05) is 43.7 Å². The van der Waals surface area contributed by atoms with Crippen LogP contribution in [0.15, 0.2) is 30.3 Å². The zero-order valence-electron chi connectivity index (χ0n) is 16.1. The third kappa shape index (κ3) is 6.13. The lowest BCUT2D eigenvalue weighted by Crippen LogP contribution is -2.51. The summed E-state index contributed by atoms with van der Waals surface area (Å²) < 4.78 is 5.21. The van der Waals surface area contributed by atoms with Crippen LogP contribution in [0.5, 0.6) is 0 Å². The second kappa shape index (κ2) is 11.0. The number of nitrogens with zero attached hydrogens (tertiary/aromatic N) is 1. The summed E-state index contributed by atoms with van der Waals surface area (Å²) in [6, 6.07) is 9.80. The number of ether oxygens (including phenoxy) is 1. The van der Waals surface area contributed by atoms with Crippen molar-refractivity contribution in [3.63, 3.8) is 0 Å². The summed E-state index contributed by atoms with van der Waals surface area (Å²) in [5.74, 6) is -0.560. The van der Waals surface area contributed by atoms with E-state index in [1.165, 1.54) is 0 Å². The molecule has 1 saturated heterocycles. The van der Waals surface area contributed by atoms with Crippen LogP contribution in [0.25, 0.3) is 0 Å². The smallest absolute Gasteiger partial charge is 0.311 e. The van der Waals surface area contributed by atoms with Gasteiger partial charge >= 0.3 is 5.97 Å². The van der Waals surface area contributed by atoms with Gasteiger partial charge in [0.1, 0.15) is 0 Å². The molecule has 144 valence electrons. The number of hydrogen-bond donors (Lipinski definition) is 1. The second-order valence-corrected chi connectivity index (χ2v) is 6.93. The van der Waals surface area contributed by atoms with Crippen molar-refractivity contribution in [1.82, 2.24) is 10.2 Å². The molecule has 0 saturated carbocycles. The molecule has 1 aromatic carbocycles. The van der Waals surface area contributed by atoms with E-state index >= 15 is 0 Å². The van der Waals surface area contributed by atoms with E-state index < -0.39 is 0 Å². The number of carbonyl (C=O) groups is 2. The SMILES string of the molecule is CCCN1CCCCC1C(=O)NCC(Cc1ccccc1)C(=O)OCC. The van der Waals surface area contributed by atoms with Crippen molar-refractivity contribution in [2.75, 3.05) is 26.2 Å². The number of likely N-dealkylation sites (tertiary alicyclic amines) is 1. The predicted octanol–water partition coefficient (Wildman–Crippen LogP) is 2.79. The topological polar surface area (TPSA) is 58.6 Å². The van der Waals surface area contributed by atoms with Crippen molar-refractivity contribution >= 4 is 11.9 Å². The van der Waals surface area contributed by atoms with Crippen LogP contribution in [0.2, 0.25) is 0 Å². The van der Waals surface area contributed by atoms with Crippen molar-refractivity contribution in [2.24, 2.45) is 5.92 Å². The van der Waals surface area contributed by atoms with Gasteiger partial charge in [0.25, 0.3) is 0 Å². The third-order valence-electron chi connectivity index (χ3n) is 4.89. The Kier molecular flexibility index (Phi) is 8.62. The van der Waals surface area contributed by atoms with Crippen molar-refractivity contribution < 1.29 is 14.3 Å². The molecule has 2 unspecified atom stereocenters. The molecule has 0 radical (unpaired) electrons. The van der Waals surface area contributed by atoms with E-state index in [4.69, 9.17) is 4.74 Å². The quantitative estimate of drug-likeness (QED) is 0.688. The first-order valence-corrected chi connectivity index (χ1v) is 9.88. The maximum absolute atomic E-state index is 12.7. The maximum atomic E-state index is 12.7. The van der Waals surface area contributed by atoms with Gasteiger partial charge in [-0.2, -0.15) is 0 Å². The molecule has 0 aromatic heterocycles. The summed E-state index contributed by atoms with van der Waals surface area (Å²) in [7, 11) is 0. The molecule has 5 nitrogen and oxygen atoms in total. The lowest BCUT2D eigenvalue weighted by atomic mass is 9.98. The van der Waals surface area contributed by atoms with Crippen molar-refractivity contribution in [1.29, 1.82) is 0 Å². The lowest BCUT2D eigenvalue weighted by molar-refractivity contribution is -0.148. The molecule has 1 amide bonds. The standard InChI is InChI=1S/C21H32N2O3/c1-3-13-23-14-9-8-12-19(23)20(24)22-16-18(21(25)26-4-2)15-17-10-6-5-7-11-17/h5-7,10-11,18-19H,3-4,8-9,12-16H2,1-2H3,(H,22,24). The van der Waals surface area contributed by atoms with Crippen LogP contribution in [0.4, 0.5) is 0 Å². The zero-order valence-corrected chi connectivity index (χ0v) is 16.1. The molecule has 1 N–H and O–H groups in total. The first kappa shape index (κ1) is 20.4. The van der Waals surface area contributed by atoms with Crippen LogP contribution in [0, 0.1) is 5.92 Å². The molecule has 1 fully saturated rings. The molecule has 5 heteroatoms. The second-order valence-electron chi connectivity index (χ2n) is 6.93. The number of piperidine rings is 1. The van der Waals surface area contributed by atoms with Crippen LogP contribution in [-0.4, -0.2) is 49.1 Å². The highest BCUT2D eigenvalue weighted by molar-refractivity contribution is 5.82. The molecule has 0 aliphatic carbocycles. The van der Waals surface area contributed by atoms with E-state index in [0.717, 1.165) is 44.3 Å². The largest absolute Gasteiger partial charge is 0.466 e. The average Bonchev–Trinajstić information content (AvgIpc) is 2.66. The normalized spacial score (nSPS) is 18.9. The Hall–Kier alpha value is -1.88. The Balaban J connectivity index is 1.96. The molecule has 1 aliphatic heterocycles. The van der Waals surface area contributed by atoms with Crippen LogP contribution in [-0.2, 0) is 20.7 Å². The highest BCUT2D eigenvalue weighted by Crippen LogP contribution is 2.18. The van der Waals surface area contributed by atoms with Crippen molar-refractivity contribution in [3.8, 4) is 0 Å². The Morgan fingerprint density at radius 2 is 2.00 bits per heavy atom. The molecule has 26 heavy (non-hydrogen) atoms. The molecule has 2 atom stereocenters. The van der Waals surface area contributed by atoms with Crippen LogP contribution in [0.1, 0.15) is 45.1 Å². The van der Waals surface area contributed by atoms with Gasteiger partial charge in [0.05, 0.1) is 18.6 Å². The Bertz CT molecular complexity index is 560. The van der Waals surface area contributed by atoms with E-state index in [2.05, 4.69) is 17.1 Å². The van der Waals surface area contributed by atoms with Gasteiger partial charge in [-0.25, -0.2) is 0 Å². The third-order valence-corrected chi connectivity index (χ3v) is 4.89. The first-order valence-electron chi connectivity index (χ1n) is 9.88. The predicted molar refractivity (Wildman–Crippen MR) is 103 cm³/mol. The minimum absolute atomic E-state index is 0.0421. The first-order chi connectivity index (χ1) is 12.7. The number of hydrogen-bond acceptors (Lipinski definition) is 4. The highest BCUT2D eigenvalue weighted by Gasteiger charge is 2.29. The minimum Gasteiger partial charge on any atom is -0.466 e. The Morgan fingerprint density at radius 3 is 2.69 bits per heavy atom. The number of amides is 1. The summed E-state index contributed by atoms with van der Waals surface area (Å²) in [6.45, 7) is 6.55. The molecule has 1 aromatic rings. The van der Waals surface area contributed by atoms with Crippen molar-refractivity contribution in [3.05, 3.63) is 35.9 Å². The fourth-order valence-electron chi connectivity index (χ4n) is 3.58. The van der Waals surface area contributed by atoms with E-state index in [9.17, 15) is 9.59 Å². The van der Waals surface area contributed by atoms with Gasteiger partial charge < -0.3 is 10.1 Å². The number of nitrogens with one attached hydrogen (secondary N) is 1. The van der Waals surface area contributed by atoms with Gasteiger partial charge in [-0.3, -0.25) is 14.5 Å². The number of rotatable bonds is 9. The molecule has 0 spiro atoms. The van der Waals surface area contributed by atoms with Crippen molar-refractivity contribution in [2.45, 2.75) is 52.0 Å². The van der Waals surface area contributed by atoms with Crippen LogP contribution >= 0.6 is 0 Å². The van der Waals surface area contributed by atoms with Gasteiger partial charge in [-0.15, -0.1) is 0 Å². The van der Waals surface area contributed by atoms with E-state index in [-0.39, 0.29) is 23.8 Å². The van der Waals surface area contributed by atoms with Gasteiger partial charge in [0.2, 0.25) is 5.91 Å². The Morgan fingerprint density at radius 1 is 1.23 bits per heavy atom. The zero-order chi connectivity index (χ0) is 18.8. The monoisotopic (exact) mass is 360 g/mol. The summed E-state index contributed by atoms with van der Waals surface area (Å²) >= 11 is 0. The Labute approximate surface area is 157 Å². The van der Waals surface area contributed by atoms with Gasteiger partial charge in [0, 0.05) is 6.54 Å². The minimum atomic E-state index is -0.357. The van der Waals surface area contributed by atoms with Gasteiger partial charge in [0.15, 0.2) is 0 Å². The van der Waals surface area contributed by atoms with Crippen LogP contribution in [0.3, 0.4) is 0 Å². The lowest BCUT2D eigenvalue weighted by Gasteiger charge is -2.34. The fraction of sp³-hybridized carbons (Fsp3) is 0.619. The van der Waals surface area contributed by atoms with E-state index in [1.54, 1.807) is 6.92 Å². The summed E-state index contributed by atoms with van der Waals surface area (Å²) in [5, 5.41) is 3.02. The maximum Gasteiger partial charge on any atom is 0.311 e. The van der Waals surface area contributed by atoms with Gasteiger partial charge in [-0.05, 0) is 51.3 Å². The summed E-state index contributed by atoms with van der Waals surface area (Å²) in [5.41, 5.74) is 1.07. The number of esters is 1. The molecule has 2 rings (SSSR count). The van der Waals surface area contributed by atoms with Crippen LogP contribution < -0.4 is 5.32 Å². The molecule has 1 aliphatic rings. The fourth-order valence-corrected chi connectivity index (χ4v) is 3.58. The molecular formula is C21H32N2O3. The number of carbonyl (C=O) groups excluding carboxylic acids is 2. The summed E-state index contributed by atoms with van der Waals surface area (Å²) in [4.78, 5) is 27.3. The summed E-state index contributed by atoms with van der Waals surface area (Å²) in [6.07, 6.45) is 4.76. The molecule has 0 bridgehead atoms. The molecular weight excluding hydrogens is 328 g/mol. The highest BCUT2D eigenvalue weighted by atomic mass is 16.5. The number of benzene rings is 1. The van der Waals surface area contributed by atoms with E-state index in [0.29, 0.717) is 19.6 Å². The average molecular weight is 360 g/mol. The van der Waals surface area contributed by atoms with E-state index in [1.807, 2.05) is 30.3 Å². The molecule has 1 heterocycles.